The molecule has 3 aromatic rings. The van der Waals surface area contributed by atoms with Gasteiger partial charge in [0, 0.05) is 0 Å². The molecule has 0 aromatic heterocycles. The molecule has 1 heterocycles. The average Bonchev–Trinajstić information content (AvgIpc) is 2.87. The second-order valence-electron chi connectivity index (χ2n) is 7.99. The van der Waals surface area contributed by atoms with Crippen LogP contribution in [0, 0.1) is 0 Å². The number of ether oxygens (including phenoxy) is 4. The third kappa shape index (κ3) is 6.47. The average molecular weight is 453 g/mol. The van der Waals surface area contributed by atoms with Gasteiger partial charge in [-0.1, -0.05) is 91.0 Å². The van der Waals surface area contributed by atoms with Gasteiger partial charge in [-0.25, -0.2) is 4.39 Å². The first-order valence-corrected chi connectivity index (χ1v) is 11.1. The lowest BCUT2D eigenvalue weighted by atomic mass is 9.98. The molecule has 0 aliphatic carbocycles. The van der Waals surface area contributed by atoms with E-state index in [1.165, 1.54) is 0 Å². The van der Waals surface area contributed by atoms with Crippen molar-refractivity contribution in [3.8, 4) is 0 Å². The highest BCUT2D eigenvalue weighted by molar-refractivity contribution is 5.15. The van der Waals surface area contributed by atoms with Crippen LogP contribution in [0.15, 0.2) is 91.0 Å². The van der Waals surface area contributed by atoms with Gasteiger partial charge in [0.15, 0.2) is 0 Å². The number of hydrogen-bond acceptors (Lipinski definition) is 5. The number of aliphatic hydroxyl groups is 1. The fraction of sp³-hybridized carbons (Fsp3) is 0.333. The third-order valence-corrected chi connectivity index (χ3v) is 5.61. The minimum atomic E-state index is -1.76. The van der Waals surface area contributed by atoms with Gasteiger partial charge in [-0.15, -0.1) is 0 Å². The van der Waals surface area contributed by atoms with Crippen LogP contribution in [0.5, 0.6) is 0 Å². The number of benzene rings is 3. The lowest BCUT2D eigenvalue weighted by Gasteiger charge is -2.43. The summed E-state index contributed by atoms with van der Waals surface area (Å²) in [4.78, 5) is 0. The van der Waals surface area contributed by atoms with E-state index in [0.717, 1.165) is 16.7 Å². The molecule has 1 unspecified atom stereocenters. The Morgan fingerprint density at radius 3 is 1.42 bits per heavy atom. The zero-order valence-corrected chi connectivity index (χ0v) is 18.3. The summed E-state index contributed by atoms with van der Waals surface area (Å²) >= 11 is 0. The summed E-state index contributed by atoms with van der Waals surface area (Å²) < 4.78 is 38.9. The maximum absolute atomic E-state index is 15.1. The van der Waals surface area contributed by atoms with Crippen LogP contribution in [0.25, 0.3) is 0 Å². The maximum atomic E-state index is 15.1. The first kappa shape index (κ1) is 23.5. The van der Waals surface area contributed by atoms with Crippen LogP contribution < -0.4 is 0 Å². The summed E-state index contributed by atoms with van der Waals surface area (Å²) in [5.74, 6) is 0. The predicted molar refractivity (Wildman–Crippen MR) is 122 cm³/mol. The van der Waals surface area contributed by atoms with Gasteiger partial charge in [0.1, 0.15) is 24.4 Å². The van der Waals surface area contributed by atoms with Crippen LogP contribution in [-0.4, -0.2) is 42.5 Å². The molecule has 6 heteroatoms. The Kier molecular flexibility index (Phi) is 8.58. The van der Waals surface area contributed by atoms with Crippen LogP contribution in [0.1, 0.15) is 16.7 Å². The highest BCUT2D eigenvalue weighted by atomic mass is 19.1. The molecule has 1 N–H and O–H groups in total. The first-order chi connectivity index (χ1) is 16.2. The normalized spacial score (nSPS) is 25.1. The molecule has 0 saturated carbocycles. The largest absolute Gasteiger partial charge is 0.394 e. The minimum absolute atomic E-state index is 0.204. The number of halogens is 1. The highest BCUT2D eigenvalue weighted by Crippen LogP contribution is 2.30. The van der Waals surface area contributed by atoms with Gasteiger partial charge in [0.05, 0.1) is 26.4 Å². The van der Waals surface area contributed by atoms with Gasteiger partial charge in [0.2, 0.25) is 6.36 Å². The van der Waals surface area contributed by atoms with Gasteiger partial charge in [-0.3, -0.25) is 0 Å². The van der Waals surface area contributed by atoms with Gasteiger partial charge in [0.25, 0.3) is 0 Å². The van der Waals surface area contributed by atoms with E-state index < -0.39 is 37.4 Å². The van der Waals surface area contributed by atoms with Gasteiger partial charge in [-0.05, 0) is 16.7 Å². The molecule has 3 aromatic carbocycles. The summed E-state index contributed by atoms with van der Waals surface area (Å²) in [7, 11) is 0. The van der Waals surface area contributed by atoms with Crippen LogP contribution in [0.2, 0.25) is 0 Å². The van der Waals surface area contributed by atoms with E-state index in [2.05, 4.69) is 0 Å². The van der Waals surface area contributed by atoms with Crippen molar-refractivity contribution in [3.05, 3.63) is 108 Å². The minimum Gasteiger partial charge on any atom is -0.394 e. The number of hydrogen-bond donors (Lipinski definition) is 1. The van der Waals surface area contributed by atoms with Crippen molar-refractivity contribution in [1.29, 1.82) is 0 Å². The molecule has 0 bridgehead atoms. The highest BCUT2D eigenvalue weighted by Gasteiger charge is 2.48. The van der Waals surface area contributed by atoms with Crippen molar-refractivity contribution in [2.45, 2.75) is 50.6 Å². The van der Waals surface area contributed by atoms with E-state index in [0.29, 0.717) is 0 Å². The molecule has 0 amide bonds. The molecule has 1 aliphatic rings. The van der Waals surface area contributed by atoms with Crippen LogP contribution >= 0.6 is 0 Å². The summed E-state index contributed by atoms with van der Waals surface area (Å²) in [6.45, 7) is 0.345. The zero-order valence-electron chi connectivity index (χ0n) is 18.3. The van der Waals surface area contributed by atoms with E-state index in [1.807, 2.05) is 91.0 Å². The molecule has 1 aliphatic heterocycles. The summed E-state index contributed by atoms with van der Waals surface area (Å²) in [6.07, 6.45) is -5.15. The van der Waals surface area contributed by atoms with Crippen LogP contribution in [-0.2, 0) is 38.8 Å². The molecule has 1 saturated heterocycles. The van der Waals surface area contributed by atoms with Gasteiger partial charge >= 0.3 is 0 Å². The third-order valence-electron chi connectivity index (χ3n) is 5.61. The van der Waals surface area contributed by atoms with Crippen molar-refractivity contribution in [1.82, 2.24) is 0 Å². The van der Waals surface area contributed by atoms with Crippen molar-refractivity contribution in [2.75, 3.05) is 6.61 Å². The standard InChI is InChI=1S/C27H29FO5/c28-27-26(32-19-22-14-8-3-9-15-22)25(31-18-21-12-6-2-7-13-21)24(23(16-29)33-27)30-17-20-10-4-1-5-11-20/h1-15,23-27,29H,16-19H2/t23-,24+,25+,26-,27?/m1/s1. The molecular weight excluding hydrogens is 423 g/mol. The van der Waals surface area contributed by atoms with E-state index in [1.54, 1.807) is 0 Å². The Labute approximate surface area is 193 Å². The van der Waals surface area contributed by atoms with Crippen LogP contribution in [0.3, 0.4) is 0 Å². The van der Waals surface area contributed by atoms with Crippen molar-refractivity contribution in [3.63, 3.8) is 0 Å². The molecule has 1 fully saturated rings. The lowest BCUT2D eigenvalue weighted by molar-refractivity contribution is -0.296. The second-order valence-corrected chi connectivity index (χ2v) is 7.99. The molecular formula is C27H29FO5. The Hall–Kier alpha value is -2.61. The molecule has 0 spiro atoms. The Morgan fingerprint density at radius 2 is 1.00 bits per heavy atom. The summed E-state index contributed by atoms with van der Waals surface area (Å²) in [5.41, 5.74) is 2.82. The zero-order chi connectivity index (χ0) is 22.9. The molecule has 4 rings (SSSR count). The predicted octanol–water partition coefficient (Wildman–Crippen LogP) is 4.43. The molecule has 0 radical (unpaired) electrons. The molecule has 5 nitrogen and oxygen atoms in total. The lowest BCUT2D eigenvalue weighted by Crippen LogP contribution is -2.59. The monoisotopic (exact) mass is 452 g/mol. The van der Waals surface area contributed by atoms with E-state index in [-0.39, 0.29) is 19.8 Å². The van der Waals surface area contributed by atoms with Crippen molar-refractivity contribution >= 4 is 0 Å². The Balaban J connectivity index is 1.53. The fourth-order valence-corrected chi connectivity index (χ4v) is 3.88. The second kappa shape index (κ2) is 12.0. The maximum Gasteiger partial charge on any atom is 0.228 e. The molecule has 5 atom stereocenters. The van der Waals surface area contributed by atoms with Gasteiger partial charge < -0.3 is 24.1 Å². The SMILES string of the molecule is OC[C@H]1OC(F)[C@H](OCc2ccccc2)[C@@H](OCc2ccccc2)[C@H]1OCc1ccccc1. The summed E-state index contributed by atoms with van der Waals surface area (Å²) in [5, 5.41) is 9.91. The quantitative estimate of drug-likeness (QED) is 0.493. The van der Waals surface area contributed by atoms with Crippen molar-refractivity contribution < 1.29 is 28.4 Å². The Bertz CT molecular complexity index is 941. The number of rotatable bonds is 10. The van der Waals surface area contributed by atoms with E-state index in [4.69, 9.17) is 18.9 Å². The van der Waals surface area contributed by atoms with E-state index in [9.17, 15) is 5.11 Å². The summed E-state index contributed by atoms with van der Waals surface area (Å²) in [6, 6.07) is 28.9. The number of aliphatic hydroxyl groups excluding tert-OH is 1. The Morgan fingerprint density at radius 1 is 0.606 bits per heavy atom. The number of alkyl halides is 1. The topological polar surface area (TPSA) is 57.2 Å². The van der Waals surface area contributed by atoms with Gasteiger partial charge in [-0.2, -0.15) is 0 Å². The van der Waals surface area contributed by atoms with Crippen LogP contribution in [0.4, 0.5) is 4.39 Å². The fourth-order valence-electron chi connectivity index (χ4n) is 3.88. The van der Waals surface area contributed by atoms with E-state index >= 15 is 4.39 Å². The smallest absolute Gasteiger partial charge is 0.228 e. The first-order valence-electron chi connectivity index (χ1n) is 11.1. The molecule has 174 valence electrons. The van der Waals surface area contributed by atoms with Crippen molar-refractivity contribution in [2.24, 2.45) is 0 Å². The molecule has 33 heavy (non-hydrogen) atoms.